The van der Waals surface area contributed by atoms with Gasteiger partial charge in [0.25, 0.3) is 11.5 Å². The number of benzene rings is 2. The van der Waals surface area contributed by atoms with E-state index in [4.69, 9.17) is 0 Å². The van der Waals surface area contributed by atoms with Crippen LogP contribution in [-0.4, -0.2) is 22.7 Å². The number of hydrogen-bond donors (Lipinski definition) is 2. The van der Waals surface area contributed by atoms with Gasteiger partial charge in [0, 0.05) is 28.4 Å². The van der Waals surface area contributed by atoms with Crippen LogP contribution in [0.3, 0.4) is 0 Å². The van der Waals surface area contributed by atoms with Gasteiger partial charge in [-0.1, -0.05) is 24.3 Å². The number of thiophene rings is 1. The Hall–Kier alpha value is -3.69. The van der Waals surface area contributed by atoms with Crippen LogP contribution in [0.25, 0.3) is 16.1 Å². The van der Waals surface area contributed by atoms with Crippen molar-refractivity contribution in [1.29, 1.82) is 0 Å². The minimum absolute atomic E-state index is 0.0636. The number of carbonyl (C=O) groups is 1. The fourth-order valence-electron chi connectivity index (χ4n) is 3.54. The molecule has 174 valence electrons. The highest BCUT2D eigenvalue weighted by Gasteiger charge is 2.18. The molecule has 9 heteroatoms. The largest absolute Gasteiger partial charge is 0.343 e. The van der Waals surface area contributed by atoms with Crippen molar-refractivity contribution in [2.75, 3.05) is 7.05 Å². The Bertz CT molecular complexity index is 1400. The molecule has 0 aliphatic rings. The van der Waals surface area contributed by atoms with Crippen LogP contribution in [-0.2, 0) is 6.54 Å². The summed E-state index contributed by atoms with van der Waals surface area (Å²) in [7, 11) is 1.90. The number of aromatic nitrogens is 2. The van der Waals surface area contributed by atoms with Gasteiger partial charge < -0.3 is 10.6 Å². The van der Waals surface area contributed by atoms with E-state index in [2.05, 4.69) is 27.9 Å². The van der Waals surface area contributed by atoms with Crippen molar-refractivity contribution >= 4 is 17.2 Å². The molecule has 0 aliphatic heterocycles. The van der Waals surface area contributed by atoms with Crippen molar-refractivity contribution in [3.63, 3.8) is 0 Å². The number of halogens is 2. The molecular formula is C25H22F2N4O2S. The monoisotopic (exact) mass is 480 g/mol. The summed E-state index contributed by atoms with van der Waals surface area (Å²) in [5, 5.41) is 10.0. The van der Waals surface area contributed by atoms with Gasteiger partial charge in [0.1, 0.15) is 17.2 Å². The Labute approximate surface area is 198 Å². The Balaban J connectivity index is 1.55. The van der Waals surface area contributed by atoms with Crippen LogP contribution in [0, 0.1) is 11.6 Å². The van der Waals surface area contributed by atoms with E-state index in [0.717, 1.165) is 44.7 Å². The van der Waals surface area contributed by atoms with E-state index < -0.39 is 23.1 Å². The summed E-state index contributed by atoms with van der Waals surface area (Å²) >= 11 is 1.57. The first-order valence-corrected chi connectivity index (χ1v) is 11.4. The second kappa shape index (κ2) is 10.1. The summed E-state index contributed by atoms with van der Waals surface area (Å²) in [6.45, 7) is 2.59. The van der Waals surface area contributed by atoms with E-state index >= 15 is 0 Å². The Morgan fingerprint density at radius 1 is 1.09 bits per heavy atom. The predicted molar refractivity (Wildman–Crippen MR) is 128 cm³/mol. The van der Waals surface area contributed by atoms with Crippen molar-refractivity contribution in [2.24, 2.45) is 0 Å². The highest BCUT2D eigenvalue weighted by atomic mass is 32.1. The topological polar surface area (TPSA) is 76.0 Å². The molecule has 0 saturated carbocycles. The van der Waals surface area contributed by atoms with Gasteiger partial charge in [-0.15, -0.1) is 11.3 Å². The van der Waals surface area contributed by atoms with Crippen molar-refractivity contribution in [2.45, 2.75) is 19.5 Å². The molecule has 2 N–H and O–H groups in total. The molecule has 6 nitrogen and oxygen atoms in total. The molecular weight excluding hydrogens is 458 g/mol. The van der Waals surface area contributed by atoms with Crippen LogP contribution in [0.15, 0.2) is 71.5 Å². The Morgan fingerprint density at radius 2 is 1.88 bits per heavy atom. The smallest absolute Gasteiger partial charge is 0.272 e. The van der Waals surface area contributed by atoms with Crippen LogP contribution < -0.4 is 16.2 Å². The number of rotatable bonds is 7. The van der Waals surface area contributed by atoms with Gasteiger partial charge >= 0.3 is 0 Å². The first-order valence-electron chi connectivity index (χ1n) is 10.6. The fraction of sp³-hybridized carbons (Fsp3) is 0.160. The van der Waals surface area contributed by atoms with Crippen molar-refractivity contribution in [3.8, 4) is 16.1 Å². The number of carbonyl (C=O) groups excluding carboxylic acids is 1. The van der Waals surface area contributed by atoms with E-state index in [1.54, 1.807) is 11.3 Å². The van der Waals surface area contributed by atoms with Crippen molar-refractivity contribution in [3.05, 3.63) is 105 Å². The van der Waals surface area contributed by atoms with Gasteiger partial charge in [0.2, 0.25) is 0 Å². The van der Waals surface area contributed by atoms with Crippen LogP contribution >= 0.6 is 11.3 Å². The van der Waals surface area contributed by atoms with Crippen molar-refractivity contribution < 1.29 is 13.6 Å². The minimum Gasteiger partial charge on any atom is -0.343 e. The Morgan fingerprint density at radius 3 is 2.65 bits per heavy atom. The molecule has 34 heavy (non-hydrogen) atoms. The second-order valence-corrected chi connectivity index (χ2v) is 8.76. The Kier molecular flexibility index (Phi) is 6.95. The SMILES string of the molecule is CNCc1ccccc1-c1ccc(C(C)NC(=O)c2ccc(=O)n(-c3ccc(F)cc3F)n2)s1. The number of amides is 1. The summed E-state index contributed by atoms with van der Waals surface area (Å²) in [4.78, 5) is 27.1. The second-order valence-electron chi connectivity index (χ2n) is 7.65. The molecule has 0 saturated heterocycles. The lowest BCUT2D eigenvalue weighted by Crippen LogP contribution is -2.30. The van der Waals surface area contributed by atoms with Gasteiger partial charge in [-0.2, -0.15) is 9.78 Å². The highest BCUT2D eigenvalue weighted by molar-refractivity contribution is 7.15. The zero-order chi connectivity index (χ0) is 24.2. The maximum Gasteiger partial charge on any atom is 0.272 e. The van der Waals surface area contributed by atoms with Gasteiger partial charge in [0.05, 0.1) is 6.04 Å². The summed E-state index contributed by atoms with van der Waals surface area (Å²) in [5.41, 5.74) is 1.36. The van der Waals surface area contributed by atoms with Gasteiger partial charge in [-0.3, -0.25) is 9.59 Å². The number of nitrogens with one attached hydrogen (secondary N) is 2. The third-order valence-corrected chi connectivity index (χ3v) is 6.52. The third-order valence-electron chi connectivity index (χ3n) is 5.22. The normalized spacial score (nSPS) is 11.9. The van der Waals surface area contributed by atoms with Gasteiger partial charge in [-0.25, -0.2) is 8.78 Å². The van der Waals surface area contributed by atoms with E-state index in [1.807, 2.05) is 38.2 Å². The summed E-state index contributed by atoms with van der Waals surface area (Å²) in [6, 6.07) is 16.9. The van der Waals surface area contributed by atoms with Crippen LogP contribution in [0.2, 0.25) is 0 Å². The van der Waals surface area contributed by atoms with E-state index in [9.17, 15) is 18.4 Å². The molecule has 1 atom stereocenters. The summed E-state index contributed by atoms with van der Waals surface area (Å²) in [5.74, 6) is -2.25. The maximum absolute atomic E-state index is 14.2. The van der Waals surface area contributed by atoms with E-state index in [-0.39, 0.29) is 17.4 Å². The molecule has 0 radical (unpaired) electrons. The lowest BCUT2D eigenvalue weighted by atomic mass is 10.1. The summed E-state index contributed by atoms with van der Waals surface area (Å²) < 4.78 is 28.1. The molecule has 0 aliphatic carbocycles. The molecule has 0 fully saturated rings. The van der Waals surface area contributed by atoms with Crippen LogP contribution in [0.4, 0.5) is 8.78 Å². The van der Waals surface area contributed by atoms with E-state index in [0.29, 0.717) is 6.07 Å². The van der Waals surface area contributed by atoms with Gasteiger partial charge in [0.15, 0.2) is 5.82 Å². The molecule has 2 heterocycles. The standard InChI is InChI=1S/C25H22F2N4O2S/c1-15(22-10-11-23(34-22)18-6-4-3-5-16(18)14-28-2)29-25(33)20-8-12-24(32)31(30-20)21-9-7-17(26)13-19(21)27/h3-13,15,28H,14H2,1-2H3,(H,29,33). The first kappa shape index (κ1) is 23.5. The molecule has 4 rings (SSSR count). The quantitative estimate of drug-likeness (QED) is 0.410. The average molecular weight is 481 g/mol. The van der Waals surface area contributed by atoms with Gasteiger partial charge in [-0.05, 0) is 55.4 Å². The van der Waals surface area contributed by atoms with Crippen LogP contribution in [0.5, 0.6) is 0 Å². The number of nitrogens with zero attached hydrogens (tertiary/aromatic N) is 2. The minimum atomic E-state index is -0.954. The molecule has 4 aromatic rings. The molecule has 0 spiro atoms. The zero-order valence-electron chi connectivity index (χ0n) is 18.5. The molecule has 2 aromatic carbocycles. The number of hydrogen-bond acceptors (Lipinski definition) is 5. The van der Waals surface area contributed by atoms with E-state index in [1.165, 1.54) is 11.6 Å². The third kappa shape index (κ3) is 4.95. The highest BCUT2D eigenvalue weighted by Crippen LogP contribution is 2.33. The fourth-order valence-corrected chi connectivity index (χ4v) is 4.61. The average Bonchev–Trinajstić information content (AvgIpc) is 3.31. The van der Waals surface area contributed by atoms with Crippen molar-refractivity contribution in [1.82, 2.24) is 20.4 Å². The maximum atomic E-state index is 14.2. The van der Waals surface area contributed by atoms with Crippen LogP contribution in [0.1, 0.15) is 33.9 Å². The predicted octanol–water partition coefficient (Wildman–Crippen LogP) is 4.45. The lowest BCUT2D eigenvalue weighted by Gasteiger charge is -2.13. The summed E-state index contributed by atoms with van der Waals surface area (Å²) in [6.07, 6.45) is 0. The molecule has 2 aromatic heterocycles. The zero-order valence-corrected chi connectivity index (χ0v) is 19.3. The lowest BCUT2D eigenvalue weighted by molar-refractivity contribution is 0.0933. The molecule has 1 amide bonds. The molecule has 0 bridgehead atoms. The molecule has 1 unspecified atom stereocenters. The first-order chi connectivity index (χ1) is 16.4.